The molecule has 1 aliphatic rings. The summed E-state index contributed by atoms with van der Waals surface area (Å²) >= 11 is 0. The van der Waals surface area contributed by atoms with Crippen LogP contribution in [0.1, 0.15) is 155 Å². The number of unbranched alkanes of at least 4 members (excludes halogenated alkanes) is 13. The predicted molar refractivity (Wildman–Crippen MR) is 219 cm³/mol. The number of carbonyl (C=O) groups excluding carboxylic acids is 2. The van der Waals surface area contributed by atoms with Gasteiger partial charge in [-0.25, -0.2) is 0 Å². The molecule has 0 aromatic carbocycles. The largest absolute Gasteiger partial charge is 0.462 e. The molecule has 1 fully saturated rings. The van der Waals surface area contributed by atoms with Crippen LogP contribution in [0.25, 0.3) is 0 Å². The van der Waals surface area contributed by atoms with E-state index in [1.54, 1.807) is 0 Å². The lowest BCUT2D eigenvalue weighted by molar-refractivity contribution is -0.305. The normalized spacial score (nSPS) is 21.2. The number of esters is 2. The van der Waals surface area contributed by atoms with Crippen LogP contribution in [0, 0.1) is 0 Å². The van der Waals surface area contributed by atoms with Crippen molar-refractivity contribution in [3.8, 4) is 0 Å². The summed E-state index contributed by atoms with van der Waals surface area (Å²) in [6, 6.07) is 0. The van der Waals surface area contributed by atoms with E-state index in [9.17, 15) is 30.0 Å². The van der Waals surface area contributed by atoms with Gasteiger partial charge in [0.15, 0.2) is 12.4 Å². The molecule has 1 heterocycles. The number of allylic oxidation sites excluding steroid dienone is 10. The first-order valence-electron chi connectivity index (χ1n) is 21.4. The first-order chi connectivity index (χ1) is 26.8. The Bertz CT molecular complexity index is 1080. The van der Waals surface area contributed by atoms with Gasteiger partial charge in [0.05, 0.1) is 13.2 Å². The molecule has 0 saturated carbocycles. The molecule has 0 radical (unpaired) electrons. The van der Waals surface area contributed by atoms with Gasteiger partial charge >= 0.3 is 11.9 Å². The predicted octanol–water partition coefficient (Wildman–Crippen LogP) is 8.66. The third-order valence-electron chi connectivity index (χ3n) is 9.39. The van der Waals surface area contributed by atoms with Crippen molar-refractivity contribution >= 4 is 11.9 Å². The number of hydrogen-bond acceptors (Lipinski definition) is 10. The molecule has 4 N–H and O–H groups in total. The highest BCUT2D eigenvalue weighted by molar-refractivity contribution is 5.70. The minimum absolute atomic E-state index is 0.174. The molecule has 1 saturated heterocycles. The fourth-order valence-corrected chi connectivity index (χ4v) is 6.00. The van der Waals surface area contributed by atoms with E-state index in [-0.39, 0.29) is 26.1 Å². The van der Waals surface area contributed by atoms with Gasteiger partial charge < -0.3 is 39.4 Å². The van der Waals surface area contributed by atoms with Crippen molar-refractivity contribution in [2.75, 3.05) is 19.8 Å². The van der Waals surface area contributed by atoms with Crippen molar-refractivity contribution in [2.45, 2.75) is 192 Å². The first-order valence-corrected chi connectivity index (χ1v) is 21.4. The molecule has 0 amide bonds. The number of aliphatic hydroxyl groups is 4. The monoisotopic (exact) mass is 777 g/mol. The zero-order valence-corrected chi connectivity index (χ0v) is 34.2. The van der Waals surface area contributed by atoms with Crippen LogP contribution in [0.3, 0.4) is 0 Å². The Labute approximate surface area is 332 Å². The summed E-state index contributed by atoms with van der Waals surface area (Å²) in [7, 11) is 0. The second-order valence-electron chi connectivity index (χ2n) is 14.4. The minimum Gasteiger partial charge on any atom is -0.462 e. The molecule has 0 aromatic heterocycles. The van der Waals surface area contributed by atoms with Crippen LogP contribution in [0.5, 0.6) is 0 Å². The highest BCUT2D eigenvalue weighted by atomic mass is 16.7. The molecule has 0 aliphatic carbocycles. The Balaban J connectivity index is 2.40. The van der Waals surface area contributed by atoms with Crippen LogP contribution in [0.4, 0.5) is 0 Å². The Morgan fingerprint density at radius 1 is 0.582 bits per heavy atom. The SMILES string of the molecule is CC/C=C/C/C=C/C/C=C/C/C=C/CCCCC(=O)O[C@@H](COC(=O)CCCCCCC/C=C/CCCCCCCC)CO[C@H]1O[C@@H](CO)[C@@H](O)C(O)C1O. The van der Waals surface area contributed by atoms with Gasteiger partial charge in [-0.2, -0.15) is 0 Å². The van der Waals surface area contributed by atoms with Gasteiger partial charge in [0.1, 0.15) is 31.0 Å². The molecule has 0 bridgehead atoms. The maximum atomic E-state index is 12.7. The highest BCUT2D eigenvalue weighted by Gasteiger charge is 2.44. The van der Waals surface area contributed by atoms with Crippen molar-refractivity contribution in [3.63, 3.8) is 0 Å². The Morgan fingerprint density at radius 2 is 1.07 bits per heavy atom. The van der Waals surface area contributed by atoms with Gasteiger partial charge in [0.25, 0.3) is 0 Å². The number of carbonyl (C=O) groups is 2. The molecule has 1 rings (SSSR count). The van der Waals surface area contributed by atoms with E-state index in [0.717, 1.165) is 70.6 Å². The third kappa shape index (κ3) is 27.6. The summed E-state index contributed by atoms with van der Waals surface area (Å²) in [5.41, 5.74) is 0. The fourth-order valence-electron chi connectivity index (χ4n) is 6.00. The molecule has 6 atom stereocenters. The lowest BCUT2D eigenvalue weighted by Gasteiger charge is -2.39. The molecule has 10 nitrogen and oxygen atoms in total. The van der Waals surface area contributed by atoms with Crippen LogP contribution < -0.4 is 0 Å². The Morgan fingerprint density at radius 3 is 1.67 bits per heavy atom. The van der Waals surface area contributed by atoms with Crippen molar-refractivity contribution in [3.05, 3.63) is 60.8 Å². The van der Waals surface area contributed by atoms with E-state index < -0.39 is 55.4 Å². The molecule has 316 valence electrons. The Kier molecular flexibility index (Phi) is 32.8. The van der Waals surface area contributed by atoms with Gasteiger partial charge in [-0.1, -0.05) is 126 Å². The summed E-state index contributed by atoms with van der Waals surface area (Å²) in [6.45, 7) is 3.23. The summed E-state index contributed by atoms with van der Waals surface area (Å²) in [5, 5.41) is 40.0. The molecular weight excluding hydrogens is 700 g/mol. The molecule has 10 heteroatoms. The smallest absolute Gasteiger partial charge is 0.306 e. The lowest BCUT2D eigenvalue weighted by atomic mass is 9.99. The van der Waals surface area contributed by atoms with E-state index in [1.807, 2.05) is 0 Å². The quantitative estimate of drug-likeness (QED) is 0.0284. The molecule has 2 unspecified atom stereocenters. The first kappa shape index (κ1) is 50.4. The molecule has 55 heavy (non-hydrogen) atoms. The highest BCUT2D eigenvalue weighted by Crippen LogP contribution is 2.22. The van der Waals surface area contributed by atoms with Crippen LogP contribution in [-0.2, 0) is 28.5 Å². The lowest BCUT2D eigenvalue weighted by Crippen LogP contribution is -2.59. The topological polar surface area (TPSA) is 152 Å². The standard InChI is InChI=1S/C45H76O10/c1-3-5-7-9-11-13-15-17-19-21-23-25-27-29-31-33-40(47)52-36-38(37-53-45-44(51)43(50)42(49)39(35-46)55-45)54-41(48)34-32-30-28-26-24-22-20-18-16-14-12-10-8-6-4-2/h6,8,12,14,17-20,24,26,38-39,42-46,49-51H,3-5,7,9-11,13,15-16,21-23,25,27-37H2,1-2H3/b8-6+,14-12+,19-17+,20-18+,26-24+/t38-,39-,42+,43?,44?,45-/m0/s1. The molecule has 1 aliphatic heterocycles. The molecule has 0 spiro atoms. The van der Waals surface area contributed by atoms with E-state index in [1.165, 1.54) is 44.9 Å². The van der Waals surface area contributed by atoms with E-state index >= 15 is 0 Å². The van der Waals surface area contributed by atoms with Gasteiger partial charge in [0, 0.05) is 12.8 Å². The second-order valence-corrected chi connectivity index (χ2v) is 14.4. The molecular formula is C45H76O10. The number of aliphatic hydroxyl groups excluding tert-OH is 4. The fraction of sp³-hybridized carbons (Fsp3) is 0.733. The summed E-state index contributed by atoms with van der Waals surface area (Å²) < 4.78 is 22.1. The van der Waals surface area contributed by atoms with Crippen molar-refractivity contribution < 1.29 is 49.0 Å². The Hall–Kier alpha value is -2.60. The number of rotatable bonds is 34. The summed E-state index contributed by atoms with van der Waals surface area (Å²) in [4.78, 5) is 25.3. The van der Waals surface area contributed by atoms with Gasteiger partial charge in [-0.3, -0.25) is 9.59 Å². The zero-order valence-electron chi connectivity index (χ0n) is 34.2. The van der Waals surface area contributed by atoms with Crippen LogP contribution in [0.2, 0.25) is 0 Å². The van der Waals surface area contributed by atoms with Crippen LogP contribution >= 0.6 is 0 Å². The maximum absolute atomic E-state index is 12.7. The maximum Gasteiger partial charge on any atom is 0.306 e. The number of ether oxygens (including phenoxy) is 4. The number of hydrogen-bond donors (Lipinski definition) is 4. The average Bonchev–Trinajstić information content (AvgIpc) is 3.18. The van der Waals surface area contributed by atoms with Gasteiger partial charge in [-0.15, -0.1) is 0 Å². The van der Waals surface area contributed by atoms with E-state index in [4.69, 9.17) is 18.9 Å². The third-order valence-corrected chi connectivity index (χ3v) is 9.39. The summed E-state index contributed by atoms with van der Waals surface area (Å²) in [6.07, 6.45) is 35.1. The van der Waals surface area contributed by atoms with Crippen molar-refractivity contribution in [1.82, 2.24) is 0 Å². The second kappa shape index (κ2) is 35.8. The van der Waals surface area contributed by atoms with Gasteiger partial charge in [0.2, 0.25) is 0 Å². The van der Waals surface area contributed by atoms with Crippen LogP contribution in [0.15, 0.2) is 60.8 Å². The minimum atomic E-state index is -1.61. The summed E-state index contributed by atoms with van der Waals surface area (Å²) in [5.74, 6) is -0.870. The van der Waals surface area contributed by atoms with Crippen LogP contribution in [-0.4, -0.2) is 89.0 Å². The van der Waals surface area contributed by atoms with E-state index in [2.05, 4.69) is 74.6 Å². The average molecular weight is 777 g/mol. The van der Waals surface area contributed by atoms with Crippen molar-refractivity contribution in [2.24, 2.45) is 0 Å². The molecule has 0 aromatic rings. The van der Waals surface area contributed by atoms with Gasteiger partial charge in [-0.05, 0) is 77.0 Å². The van der Waals surface area contributed by atoms with Crippen molar-refractivity contribution in [1.29, 1.82) is 0 Å². The van der Waals surface area contributed by atoms with E-state index in [0.29, 0.717) is 12.8 Å². The zero-order chi connectivity index (χ0) is 40.2.